The standard InChI is InChI=1S/C21H33N3/c1-15-9-8-14-24-18(19(21(2,3)4)23-20(15)24)17(22)13-12-16-10-6-5-7-11-16/h8-9,14,16-17H,5-7,10-13,22H2,1-4H3. The third-order valence-electron chi connectivity index (χ3n) is 5.55. The average Bonchev–Trinajstić information content (AvgIpc) is 2.95. The van der Waals surface area contributed by atoms with Crippen molar-refractivity contribution in [2.75, 3.05) is 0 Å². The summed E-state index contributed by atoms with van der Waals surface area (Å²) >= 11 is 0. The Bertz CT molecular complexity index is 687. The van der Waals surface area contributed by atoms with E-state index < -0.39 is 0 Å². The van der Waals surface area contributed by atoms with E-state index in [2.05, 4.69) is 50.4 Å². The van der Waals surface area contributed by atoms with Gasteiger partial charge in [-0.05, 0) is 37.3 Å². The van der Waals surface area contributed by atoms with Gasteiger partial charge in [-0.15, -0.1) is 0 Å². The van der Waals surface area contributed by atoms with Gasteiger partial charge in [0.25, 0.3) is 0 Å². The molecule has 0 radical (unpaired) electrons. The van der Waals surface area contributed by atoms with Gasteiger partial charge in [0.15, 0.2) is 0 Å². The Morgan fingerprint density at radius 1 is 1.25 bits per heavy atom. The van der Waals surface area contributed by atoms with Crippen molar-refractivity contribution in [3.63, 3.8) is 0 Å². The third-order valence-corrected chi connectivity index (χ3v) is 5.55. The van der Waals surface area contributed by atoms with Gasteiger partial charge in [-0.1, -0.05) is 58.9 Å². The molecule has 0 aromatic carbocycles. The lowest BCUT2D eigenvalue weighted by molar-refractivity contribution is 0.322. The Labute approximate surface area is 146 Å². The maximum atomic E-state index is 6.71. The van der Waals surface area contributed by atoms with E-state index in [0.717, 1.165) is 23.7 Å². The van der Waals surface area contributed by atoms with Crippen LogP contribution in [-0.2, 0) is 5.41 Å². The second-order valence-electron chi connectivity index (χ2n) is 8.67. The highest BCUT2D eigenvalue weighted by atomic mass is 15.0. The summed E-state index contributed by atoms with van der Waals surface area (Å²) in [6, 6.07) is 4.30. The van der Waals surface area contributed by atoms with E-state index in [0.29, 0.717) is 0 Å². The number of nitrogens with two attached hydrogens (primary N) is 1. The molecular formula is C21H33N3. The summed E-state index contributed by atoms with van der Waals surface area (Å²) < 4.78 is 2.24. The quantitative estimate of drug-likeness (QED) is 0.828. The molecule has 24 heavy (non-hydrogen) atoms. The minimum Gasteiger partial charge on any atom is -0.323 e. The van der Waals surface area contributed by atoms with Crippen LogP contribution in [0.3, 0.4) is 0 Å². The summed E-state index contributed by atoms with van der Waals surface area (Å²) in [6.07, 6.45) is 11.5. The Kier molecular flexibility index (Phi) is 5.00. The number of imidazole rings is 1. The van der Waals surface area contributed by atoms with Gasteiger partial charge in [0.05, 0.1) is 11.4 Å². The molecule has 2 heterocycles. The van der Waals surface area contributed by atoms with Gasteiger partial charge in [0.2, 0.25) is 0 Å². The number of nitrogens with zero attached hydrogens (tertiary/aromatic N) is 2. The molecule has 1 fully saturated rings. The highest BCUT2D eigenvalue weighted by Crippen LogP contribution is 2.34. The normalized spacial score (nSPS) is 18.2. The number of rotatable bonds is 4. The van der Waals surface area contributed by atoms with E-state index in [1.807, 2.05) is 0 Å². The maximum Gasteiger partial charge on any atom is 0.140 e. The zero-order valence-corrected chi connectivity index (χ0v) is 15.8. The minimum absolute atomic E-state index is 0.0102. The van der Waals surface area contributed by atoms with E-state index in [1.165, 1.54) is 49.8 Å². The highest BCUT2D eigenvalue weighted by molar-refractivity contribution is 5.52. The van der Waals surface area contributed by atoms with Crippen LogP contribution in [0.2, 0.25) is 0 Å². The van der Waals surface area contributed by atoms with Gasteiger partial charge in [-0.25, -0.2) is 4.98 Å². The summed E-state index contributed by atoms with van der Waals surface area (Å²) in [5.41, 5.74) is 11.4. The summed E-state index contributed by atoms with van der Waals surface area (Å²) in [7, 11) is 0. The number of aryl methyl sites for hydroxylation is 1. The molecule has 2 aromatic heterocycles. The second kappa shape index (κ2) is 6.87. The summed E-state index contributed by atoms with van der Waals surface area (Å²) in [5.74, 6) is 0.879. The molecule has 3 nitrogen and oxygen atoms in total. The molecule has 132 valence electrons. The Morgan fingerprint density at radius 3 is 2.62 bits per heavy atom. The molecule has 2 N–H and O–H groups in total. The Balaban J connectivity index is 1.89. The maximum absolute atomic E-state index is 6.71. The number of hydrogen-bond donors (Lipinski definition) is 1. The van der Waals surface area contributed by atoms with E-state index in [9.17, 15) is 0 Å². The molecule has 1 saturated carbocycles. The second-order valence-corrected chi connectivity index (χ2v) is 8.67. The van der Waals surface area contributed by atoms with Crippen LogP contribution in [0.5, 0.6) is 0 Å². The predicted octanol–water partition coefficient (Wildman–Crippen LogP) is 5.30. The molecule has 0 aliphatic heterocycles. The summed E-state index contributed by atoms with van der Waals surface area (Å²) in [4.78, 5) is 4.98. The van der Waals surface area contributed by atoms with Gasteiger partial charge in [0, 0.05) is 17.7 Å². The molecule has 0 saturated heterocycles. The largest absolute Gasteiger partial charge is 0.323 e. The van der Waals surface area contributed by atoms with Crippen molar-refractivity contribution in [1.82, 2.24) is 9.38 Å². The van der Waals surface area contributed by atoms with Crippen LogP contribution in [0.15, 0.2) is 18.3 Å². The lowest BCUT2D eigenvalue weighted by Gasteiger charge is -2.25. The average molecular weight is 328 g/mol. The monoisotopic (exact) mass is 327 g/mol. The first kappa shape index (κ1) is 17.5. The van der Waals surface area contributed by atoms with E-state index >= 15 is 0 Å². The lowest BCUT2D eigenvalue weighted by atomic mass is 9.83. The van der Waals surface area contributed by atoms with E-state index in [1.54, 1.807) is 0 Å². The van der Waals surface area contributed by atoms with Crippen molar-refractivity contribution in [2.24, 2.45) is 11.7 Å². The van der Waals surface area contributed by atoms with Crippen molar-refractivity contribution >= 4 is 5.65 Å². The van der Waals surface area contributed by atoms with Crippen molar-refractivity contribution in [2.45, 2.75) is 84.1 Å². The van der Waals surface area contributed by atoms with Crippen LogP contribution in [-0.4, -0.2) is 9.38 Å². The molecule has 1 aliphatic carbocycles. The first-order valence-corrected chi connectivity index (χ1v) is 9.61. The predicted molar refractivity (Wildman–Crippen MR) is 101 cm³/mol. The first-order valence-electron chi connectivity index (χ1n) is 9.61. The molecule has 0 spiro atoms. The molecule has 3 rings (SSSR count). The minimum atomic E-state index is 0.0102. The van der Waals surface area contributed by atoms with Gasteiger partial charge >= 0.3 is 0 Å². The molecule has 3 heteroatoms. The fraction of sp³-hybridized carbons (Fsp3) is 0.667. The van der Waals surface area contributed by atoms with Crippen LogP contribution in [0.25, 0.3) is 5.65 Å². The molecule has 2 aromatic rings. The third kappa shape index (κ3) is 3.51. The molecule has 1 aliphatic rings. The fourth-order valence-electron chi connectivity index (χ4n) is 4.16. The SMILES string of the molecule is Cc1cccn2c(C(N)CCC3CCCCC3)c(C(C)(C)C)nc12. The smallest absolute Gasteiger partial charge is 0.140 e. The zero-order valence-electron chi connectivity index (χ0n) is 15.8. The number of pyridine rings is 1. The number of aromatic nitrogens is 2. The molecular weight excluding hydrogens is 294 g/mol. The Hall–Kier alpha value is -1.35. The Morgan fingerprint density at radius 2 is 1.96 bits per heavy atom. The van der Waals surface area contributed by atoms with Crippen LogP contribution >= 0.6 is 0 Å². The topological polar surface area (TPSA) is 43.3 Å². The van der Waals surface area contributed by atoms with Gasteiger partial charge in [0.1, 0.15) is 5.65 Å². The van der Waals surface area contributed by atoms with Gasteiger partial charge in [-0.3, -0.25) is 0 Å². The number of fused-ring (bicyclic) bond motifs is 1. The lowest BCUT2D eigenvalue weighted by Crippen LogP contribution is -2.22. The number of hydrogen-bond acceptors (Lipinski definition) is 2. The van der Waals surface area contributed by atoms with Gasteiger partial charge < -0.3 is 10.1 Å². The summed E-state index contributed by atoms with van der Waals surface area (Å²) in [5, 5.41) is 0. The highest BCUT2D eigenvalue weighted by Gasteiger charge is 2.28. The van der Waals surface area contributed by atoms with Crippen molar-refractivity contribution in [1.29, 1.82) is 0 Å². The first-order chi connectivity index (χ1) is 11.4. The van der Waals surface area contributed by atoms with Crippen LogP contribution in [0.1, 0.15) is 88.7 Å². The van der Waals surface area contributed by atoms with Gasteiger partial charge in [-0.2, -0.15) is 0 Å². The molecule has 1 unspecified atom stereocenters. The molecule has 1 atom stereocenters. The fourth-order valence-corrected chi connectivity index (χ4v) is 4.16. The molecule has 0 bridgehead atoms. The van der Waals surface area contributed by atoms with Crippen molar-refractivity contribution in [3.05, 3.63) is 35.3 Å². The summed E-state index contributed by atoms with van der Waals surface area (Å²) in [6.45, 7) is 8.84. The zero-order chi connectivity index (χ0) is 17.3. The van der Waals surface area contributed by atoms with E-state index in [4.69, 9.17) is 10.7 Å². The van der Waals surface area contributed by atoms with Crippen LogP contribution in [0, 0.1) is 12.8 Å². The van der Waals surface area contributed by atoms with Crippen LogP contribution < -0.4 is 5.73 Å². The van der Waals surface area contributed by atoms with Crippen molar-refractivity contribution < 1.29 is 0 Å². The van der Waals surface area contributed by atoms with Crippen LogP contribution in [0.4, 0.5) is 0 Å². The molecule has 0 amide bonds. The van der Waals surface area contributed by atoms with E-state index in [-0.39, 0.29) is 11.5 Å². The van der Waals surface area contributed by atoms with Crippen molar-refractivity contribution in [3.8, 4) is 0 Å².